The number of allylic oxidation sites excluding steroid dienone is 2. The van der Waals surface area contributed by atoms with Crippen LogP contribution in [0.1, 0.15) is 20.3 Å². The first kappa shape index (κ1) is 7.50. The fraction of sp³-hybridized carbons (Fsp3) is 0.667. The van der Waals surface area contributed by atoms with E-state index in [1.54, 1.807) is 7.11 Å². The molecule has 1 N–H and O–H groups in total. The number of hydrogen-bond donors (Lipinski definition) is 1. The minimum Gasteiger partial charge on any atom is -0.280 e. The van der Waals surface area contributed by atoms with Crippen molar-refractivity contribution in [2.45, 2.75) is 20.3 Å². The summed E-state index contributed by atoms with van der Waals surface area (Å²) in [5.74, 6) is 0. The average Bonchev–Trinajstić information content (AvgIpc) is 1.83. The lowest BCUT2D eigenvalue weighted by atomic mass is 10.3. The van der Waals surface area contributed by atoms with E-state index >= 15 is 0 Å². The highest BCUT2D eigenvalue weighted by atomic mass is 16.6. The van der Waals surface area contributed by atoms with Crippen LogP contribution in [-0.4, -0.2) is 7.11 Å². The van der Waals surface area contributed by atoms with Gasteiger partial charge in [0.15, 0.2) is 0 Å². The normalized spacial score (nSPS) is 11.6. The Hall–Kier alpha value is -0.500. The molecule has 48 valence electrons. The number of hydroxylamine groups is 1. The summed E-state index contributed by atoms with van der Waals surface area (Å²) in [5, 5.41) is 0. The van der Waals surface area contributed by atoms with Crippen LogP contribution in [0.15, 0.2) is 11.8 Å². The Balaban J connectivity index is 3.38. The van der Waals surface area contributed by atoms with Crippen LogP contribution in [0.2, 0.25) is 0 Å². The van der Waals surface area contributed by atoms with Gasteiger partial charge in [-0.05, 0) is 13.3 Å². The van der Waals surface area contributed by atoms with Crippen molar-refractivity contribution < 1.29 is 4.84 Å². The quantitative estimate of drug-likeness (QED) is 0.562. The monoisotopic (exact) mass is 115 g/mol. The van der Waals surface area contributed by atoms with Gasteiger partial charge in [0, 0.05) is 5.70 Å². The summed E-state index contributed by atoms with van der Waals surface area (Å²) in [6.45, 7) is 4.05. The van der Waals surface area contributed by atoms with Crippen LogP contribution in [0.5, 0.6) is 0 Å². The molecule has 0 amide bonds. The summed E-state index contributed by atoms with van der Waals surface area (Å²) in [7, 11) is 1.61. The van der Waals surface area contributed by atoms with Crippen LogP contribution in [0.3, 0.4) is 0 Å². The molecule has 0 aromatic rings. The van der Waals surface area contributed by atoms with Gasteiger partial charge in [0.25, 0.3) is 0 Å². The third kappa shape index (κ3) is 2.64. The summed E-state index contributed by atoms with van der Waals surface area (Å²) in [5.41, 5.74) is 3.86. The average molecular weight is 115 g/mol. The van der Waals surface area contributed by atoms with E-state index in [0.717, 1.165) is 12.1 Å². The van der Waals surface area contributed by atoms with Gasteiger partial charge in [-0.1, -0.05) is 13.0 Å². The van der Waals surface area contributed by atoms with E-state index in [2.05, 4.69) is 17.2 Å². The minimum atomic E-state index is 0.990. The van der Waals surface area contributed by atoms with Gasteiger partial charge in [0.05, 0.1) is 7.11 Å². The highest BCUT2D eigenvalue weighted by molar-refractivity contribution is 4.92. The van der Waals surface area contributed by atoms with E-state index in [0.29, 0.717) is 0 Å². The van der Waals surface area contributed by atoms with Crippen LogP contribution in [-0.2, 0) is 4.84 Å². The molecule has 0 heterocycles. The summed E-state index contributed by atoms with van der Waals surface area (Å²) in [6.07, 6.45) is 2.98. The zero-order valence-electron chi connectivity index (χ0n) is 5.69. The molecule has 0 rings (SSSR count). The van der Waals surface area contributed by atoms with Crippen molar-refractivity contribution >= 4 is 0 Å². The summed E-state index contributed by atoms with van der Waals surface area (Å²) in [4.78, 5) is 4.67. The first-order chi connectivity index (χ1) is 3.85. The Labute approximate surface area is 50.5 Å². The van der Waals surface area contributed by atoms with Gasteiger partial charge in [-0.15, -0.1) is 0 Å². The molecule has 0 unspecified atom stereocenters. The van der Waals surface area contributed by atoms with Crippen LogP contribution in [0.4, 0.5) is 0 Å². The minimum absolute atomic E-state index is 0.990. The third-order valence-corrected chi connectivity index (χ3v) is 0.963. The smallest absolute Gasteiger partial charge is 0.0636 e. The van der Waals surface area contributed by atoms with Crippen molar-refractivity contribution in [2.24, 2.45) is 0 Å². The van der Waals surface area contributed by atoms with Gasteiger partial charge >= 0.3 is 0 Å². The first-order valence-electron chi connectivity index (χ1n) is 2.79. The molecular formula is C6H13NO. The molecule has 0 saturated heterocycles. The van der Waals surface area contributed by atoms with Gasteiger partial charge in [-0.25, -0.2) is 0 Å². The molecule has 0 aliphatic carbocycles. The van der Waals surface area contributed by atoms with Crippen molar-refractivity contribution in [1.82, 2.24) is 5.48 Å². The molecule has 0 bridgehead atoms. The molecule has 8 heavy (non-hydrogen) atoms. The predicted molar refractivity (Wildman–Crippen MR) is 34.2 cm³/mol. The van der Waals surface area contributed by atoms with Crippen molar-refractivity contribution in [3.8, 4) is 0 Å². The second-order valence-electron chi connectivity index (χ2n) is 1.47. The van der Waals surface area contributed by atoms with E-state index in [-0.39, 0.29) is 0 Å². The highest BCUT2D eigenvalue weighted by Crippen LogP contribution is 1.92. The van der Waals surface area contributed by atoms with Gasteiger partial charge < -0.3 is 0 Å². The Morgan fingerprint density at radius 2 is 2.38 bits per heavy atom. The second kappa shape index (κ2) is 4.65. The standard InChI is InChI=1S/C6H13NO/c1-4-6(5-2)7-8-3/h4,7H,5H2,1-3H3. The first-order valence-corrected chi connectivity index (χ1v) is 2.79. The maximum atomic E-state index is 4.67. The molecule has 2 heteroatoms. The SMILES string of the molecule is CC=C(CC)NOC. The van der Waals surface area contributed by atoms with E-state index < -0.39 is 0 Å². The lowest BCUT2D eigenvalue weighted by Crippen LogP contribution is -2.09. The Bertz CT molecular complexity index is 78.6. The number of rotatable bonds is 3. The summed E-state index contributed by atoms with van der Waals surface area (Å²) in [6, 6.07) is 0. The molecule has 2 nitrogen and oxygen atoms in total. The van der Waals surface area contributed by atoms with Gasteiger partial charge in [0.1, 0.15) is 0 Å². The molecular weight excluding hydrogens is 102 g/mol. The van der Waals surface area contributed by atoms with Crippen LogP contribution < -0.4 is 5.48 Å². The molecule has 0 saturated carbocycles. The fourth-order valence-electron chi connectivity index (χ4n) is 0.466. The maximum absolute atomic E-state index is 4.67. The van der Waals surface area contributed by atoms with E-state index in [1.807, 2.05) is 13.0 Å². The Morgan fingerprint density at radius 3 is 2.50 bits per heavy atom. The van der Waals surface area contributed by atoms with Crippen LogP contribution >= 0.6 is 0 Å². The molecule has 0 fully saturated rings. The Kier molecular flexibility index (Phi) is 4.36. The fourth-order valence-corrected chi connectivity index (χ4v) is 0.466. The van der Waals surface area contributed by atoms with Crippen molar-refractivity contribution in [3.05, 3.63) is 11.8 Å². The van der Waals surface area contributed by atoms with Crippen molar-refractivity contribution in [1.29, 1.82) is 0 Å². The largest absolute Gasteiger partial charge is 0.280 e. The second-order valence-corrected chi connectivity index (χ2v) is 1.47. The van der Waals surface area contributed by atoms with Crippen LogP contribution in [0, 0.1) is 0 Å². The van der Waals surface area contributed by atoms with E-state index in [9.17, 15) is 0 Å². The van der Waals surface area contributed by atoms with Gasteiger partial charge in [0.2, 0.25) is 0 Å². The number of nitrogens with one attached hydrogen (secondary N) is 1. The maximum Gasteiger partial charge on any atom is 0.0636 e. The molecule has 0 aromatic heterocycles. The topological polar surface area (TPSA) is 21.3 Å². The van der Waals surface area contributed by atoms with Gasteiger partial charge in [-0.2, -0.15) is 0 Å². The molecule has 0 aliphatic heterocycles. The molecule has 0 atom stereocenters. The highest BCUT2D eigenvalue weighted by Gasteiger charge is 1.84. The summed E-state index contributed by atoms with van der Waals surface area (Å²) < 4.78 is 0. The van der Waals surface area contributed by atoms with E-state index in [1.165, 1.54) is 0 Å². The molecule has 0 spiro atoms. The van der Waals surface area contributed by atoms with Crippen molar-refractivity contribution in [3.63, 3.8) is 0 Å². The lowest BCUT2D eigenvalue weighted by Gasteiger charge is -2.02. The molecule has 0 radical (unpaired) electrons. The Morgan fingerprint density at radius 1 is 1.75 bits per heavy atom. The van der Waals surface area contributed by atoms with Gasteiger partial charge in [-0.3, -0.25) is 10.3 Å². The number of hydrogen-bond acceptors (Lipinski definition) is 2. The third-order valence-electron chi connectivity index (χ3n) is 0.963. The molecule has 0 aromatic carbocycles. The lowest BCUT2D eigenvalue weighted by molar-refractivity contribution is 0.115. The zero-order valence-corrected chi connectivity index (χ0v) is 5.69. The predicted octanol–water partition coefficient (Wildman–Crippen LogP) is 1.45. The van der Waals surface area contributed by atoms with E-state index in [4.69, 9.17) is 0 Å². The van der Waals surface area contributed by atoms with Crippen molar-refractivity contribution in [2.75, 3.05) is 7.11 Å². The van der Waals surface area contributed by atoms with Crippen LogP contribution in [0.25, 0.3) is 0 Å². The molecule has 0 aliphatic rings. The zero-order chi connectivity index (χ0) is 6.41. The summed E-state index contributed by atoms with van der Waals surface area (Å²) >= 11 is 0.